The minimum atomic E-state index is 0.236. The van der Waals surface area contributed by atoms with Gasteiger partial charge in [-0.1, -0.05) is 18.2 Å². The molecule has 12 heavy (non-hydrogen) atoms. The smallest absolute Gasteiger partial charge is 0.298 e. The molecule has 0 amide bonds. The molecule has 0 bridgehead atoms. The Balaban J connectivity index is 2.87. The zero-order valence-corrected chi connectivity index (χ0v) is 6.91. The summed E-state index contributed by atoms with van der Waals surface area (Å²) >= 11 is 5.64. The van der Waals surface area contributed by atoms with Crippen molar-refractivity contribution in [1.82, 2.24) is 4.98 Å². The van der Waals surface area contributed by atoms with E-state index in [1.807, 2.05) is 0 Å². The first kappa shape index (κ1) is 8.74. The first-order valence-corrected chi connectivity index (χ1v) is 3.52. The summed E-state index contributed by atoms with van der Waals surface area (Å²) in [6.07, 6.45) is 3.00. The predicted molar refractivity (Wildman–Crippen MR) is 45.4 cm³/mol. The Kier molecular flexibility index (Phi) is 2.82. The molecule has 0 aromatic carbocycles. The van der Waals surface area contributed by atoms with Crippen LogP contribution in [0.15, 0.2) is 25.0 Å². The van der Waals surface area contributed by atoms with Crippen molar-refractivity contribution in [3.63, 3.8) is 0 Å². The number of halogens is 1. The van der Waals surface area contributed by atoms with Crippen molar-refractivity contribution < 1.29 is 9.53 Å². The number of aromatic nitrogens is 1. The van der Waals surface area contributed by atoms with Crippen LogP contribution in [0.4, 0.5) is 0 Å². The van der Waals surface area contributed by atoms with Gasteiger partial charge in [-0.05, 0) is 6.07 Å². The highest BCUT2D eigenvalue weighted by Crippen LogP contribution is 2.15. The molecule has 0 fully saturated rings. The Hall–Kier alpha value is -1.35. The van der Waals surface area contributed by atoms with E-state index in [0.717, 1.165) is 0 Å². The molecule has 0 aliphatic carbocycles. The molecule has 0 saturated heterocycles. The van der Waals surface area contributed by atoms with Crippen LogP contribution >= 0.6 is 11.6 Å². The number of carbonyl (C=O) groups excluding carboxylic acids is 1. The van der Waals surface area contributed by atoms with Gasteiger partial charge in [0.1, 0.15) is 5.76 Å². The summed E-state index contributed by atoms with van der Waals surface area (Å²) in [4.78, 5) is 13.7. The molecular weight excluding hydrogens is 178 g/mol. The number of nitrogens with zero attached hydrogens (tertiary/aromatic N) is 1. The minimum Gasteiger partial charge on any atom is -0.429 e. The molecular formula is C8H6ClNO2. The minimum absolute atomic E-state index is 0.236. The van der Waals surface area contributed by atoms with Gasteiger partial charge >= 0.3 is 0 Å². The number of pyridine rings is 1. The van der Waals surface area contributed by atoms with E-state index >= 15 is 0 Å². The van der Waals surface area contributed by atoms with Crippen LogP contribution in [0.5, 0.6) is 0 Å². The third-order valence-electron chi connectivity index (χ3n) is 1.22. The van der Waals surface area contributed by atoms with Crippen LogP contribution in [-0.2, 0) is 9.53 Å². The number of hydrogen-bond acceptors (Lipinski definition) is 3. The van der Waals surface area contributed by atoms with Crippen LogP contribution in [0.1, 0.15) is 5.56 Å². The third-order valence-corrected chi connectivity index (χ3v) is 1.42. The standard InChI is InChI=1S/C8H6ClNO2/c1-6(12-5-11)7-2-8(9)4-10-3-7/h2-5H,1H2. The molecule has 0 aliphatic heterocycles. The summed E-state index contributed by atoms with van der Waals surface area (Å²) in [6, 6.07) is 1.61. The van der Waals surface area contributed by atoms with E-state index in [1.165, 1.54) is 12.4 Å². The lowest BCUT2D eigenvalue weighted by atomic mass is 10.2. The lowest BCUT2D eigenvalue weighted by Gasteiger charge is -2.01. The predicted octanol–water partition coefficient (Wildman–Crippen LogP) is 1.88. The fourth-order valence-corrected chi connectivity index (χ4v) is 0.864. The summed E-state index contributed by atoms with van der Waals surface area (Å²) in [6.45, 7) is 3.81. The van der Waals surface area contributed by atoms with E-state index in [4.69, 9.17) is 11.6 Å². The van der Waals surface area contributed by atoms with E-state index in [-0.39, 0.29) is 5.76 Å². The summed E-state index contributed by atoms with van der Waals surface area (Å²) in [5.41, 5.74) is 0.592. The Bertz CT molecular complexity index is 312. The van der Waals surface area contributed by atoms with Gasteiger partial charge in [-0.2, -0.15) is 0 Å². The van der Waals surface area contributed by atoms with Gasteiger partial charge in [-0.25, -0.2) is 0 Å². The number of carbonyl (C=O) groups is 1. The maximum Gasteiger partial charge on any atom is 0.298 e. The first-order chi connectivity index (χ1) is 5.74. The molecule has 4 heteroatoms. The molecule has 0 saturated carbocycles. The Morgan fingerprint density at radius 2 is 2.42 bits per heavy atom. The van der Waals surface area contributed by atoms with Crippen LogP contribution in [0, 0.1) is 0 Å². The molecule has 1 heterocycles. The zero-order valence-electron chi connectivity index (χ0n) is 6.16. The quantitative estimate of drug-likeness (QED) is 0.531. The summed E-state index contributed by atoms with van der Waals surface area (Å²) in [5.74, 6) is 0.236. The zero-order chi connectivity index (χ0) is 8.97. The highest BCUT2D eigenvalue weighted by atomic mass is 35.5. The average molecular weight is 184 g/mol. The highest BCUT2D eigenvalue weighted by Gasteiger charge is 1.99. The molecule has 3 nitrogen and oxygen atoms in total. The normalized spacial score (nSPS) is 9.08. The van der Waals surface area contributed by atoms with Crippen molar-refractivity contribution in [1.29, 1.82) is 0 Å². The van der Waals surface area contributed by atoms with E-state index in [9.17, 15) is 4.79 Å². The Morgan fingerprint density at radius 1 is 1.67 bits per heavy atom. The molecule has 0 atom stereocenters. The molecule has 0 unspecified atom stereocenters. The van der Waals surface area contributed by atoms with E-state index in [2.05, 4.69) is 16.3 Å². The van der Waals surface area contributed by atoms with E-state index in [0.29, 0.717) is 17.1 Å². The average Bonchev–Trinajstić information content (AvgIpc) is 2.05. The fourth-order valence-electron chi connectivity index (χ4n) is 0.690. The van der Waals surface area contributed by atoms with Gasteiger partial charge in [-0.3, -0.25) is 9.78 Å². The van der Waals surface area contributed by atoms with Crippen molar-refractivity contribution in [2.45, 2.75) is 0 Å². The lowest BCUT2D eigenvalue weighted by molar-refractivity contribution is -0.122. The maximum atomic E-state index is 9.94. The summed E-state index contributed by atoms with van der Waals surface area (Å²) in [7, 11) is 0. The van der Waals surface area contributed by atoms with Crippen molar-refractivity contribution >= 4 is 23.8 Å². The highest BCUT2D eigenvalue weighted by molar-refractivity contribution is 6.30. The van der Waals surface area contributed by atoms with Crippen LogP contribution in [-0.4, -0.2) is 11.5 Å². The Morgan fingerprint density at radius 3 is 3.00 bits per heavy atom. The monoisotopic (exact) mass is 183 g/mol. The van der Waals surface area contributed by atoms with Gasteiger partial charge in [0.15, 0.2) is 0 Å². The van der Waals surface area contributed by atoms with Crippen LogP contribution < -0.4 is 0 Å². The second kappa shape index (κ2) is 3.88. The molecule has 0 spiro atoms. The second-order valence-corrected chi connectivity index (χ2v) is 2.47. The van der Waals surface area contributed by atoms with Crippen molar-refractivity contribution in [3.8, 4) is 0 Å². The molecule has 0 aliphatic rings. The number of ether oxygens (including phenoxy) is 1. The van der Waals surface area contributed by atoms with Gasteiger partial charge in [0.05, 0.1) is 5.02 Å². The summed E-state index contributed by atoms with van der Waals surface area (Å²) in [5, 5.41) is 0.475. The van der Waals surface area contributed by atoms with Crippen molar-refractivity contribution in [2.24, 2.45) is 0 Å². The molecule has 1 aromatic rings. The first-order valence-electron chi connectivity index (χ1n) is 3.14. The lowest BCUT2D eigenvalue weighted by Crippen LogP contribution is -1.88. The van der Waals surface area contributed by atoms with Crippen LogP contribution in [0.25, 0.3) is 5.76 Å². The molecule has 0 radical (unpaired) electrons. The van der Waals surface area contributed by atoms with Crippen molar-refractivity contribution in [2.75, 3.05) is 0 Å². The van der Waals surface area contributed by atoms with E-state index < -0.39 is 0 Å². The number of rotatable bonds is 3. The van der Waals surface area contributed by atoms with Gasteiger partial charge in [0.25, 0.3) is 6.47 Å². The van der Waals surface area contributed by atoms with Gasteiger partial charge in [0, 0.05) is 18.0 Å². The molecule has 62 valence electrons. The second-order valence-electron chi connectivity index (χ2n) is 2.03. The molecule has 0 N–H and O–H groups in total. The fraction of sp³-hybridized carbons (Fsp3) is 0. The Labute approximate surface area is 74.6 Å². The SMILES string of the molecule is C=C(OC=O)c1cncc(Cl)c1. The van der Waals surface area contributed by atoms with Gasteiger partial charge in [0.2, 0.25) is 0 Å². The maximum absolute atomic E-state index is 9.94. The van der Waals surface area contributed by atoms with Crippen LogP contribution in [0.2, 0.25) is 5.02 Å². The van der Waals surface area contributed by atoms with Gasteiger partial charge < -0.3 is 4.74 Å². The third kappa shape index (κ3) is 2.07. The van der Waals surface area contributed by atoms with Crippen LogP contribution in [0.3, 0.4) is 0 Å². The number of hydrogen-bond donors (Lipinski definition) is 0. The molecule has 1 rings (SSSR count). The van der Waals surface area contributed by atoms with Crippen molar-refractivity contribution in [3.05, 3.63) is 35.6 Å². The topological polar surface area (TPSA) is 39.2 Å². The largest absolute Gasteiger partial charge is 0.429 e. The molecule has 1 aromatic heterocycles. The van der Waals surface area contributed by atoms with Gasteiger partial charge in [-0.15, -0.1) is 0 Å². The summed E-state index contributed by atoms with van der Waals surface area (Å²) < 4.78 is 4.51. The van der Waals surface area contributed by atoms with E-state index in [1.54, 1.807) is 6.07 Å².